The van der Waals surface area contributed by atoms with Crippen molar-refractivity contribution in [3.63, 3.8) is 0 Å². The van der Waals surface area contributed by atoms with Crippen molar-refractivity contribution in [2.45, 2.75) is 69.9 Å². The molecule has 0 aliphatic carbocycles. The van der Waals surface area contributed by atoms with Crippen molar-refractivity contribution in [1.82, 2.24) is 15.5 Å². The van der Waals surface area contributed by atoms with E-state index in [1.165, 1.54) is 12.1 Å². The summed E-state index contributed by atoms with van der Waals surface area (Å²) in [5.41, 5.74) is 1.35. The summed E-state index contributed by atoms with van der Waals surface area (Å²) in [5, 5.41) is 21.3. The predicted octanol–water partition coefficient (Wildman–Crippen LogP) is 3.01. The van der Waals surface area contributed by atoms with Crippen molar-refractivity contribution in [1.29, 1.82) is 0 Å². The molecule has 1 aromatic carbocycles. The Hall–Kier alpha value is -2.40. The molecule has 7 nitrogen and oxygen atoms in total. The van der Waals surface area contributed by atoms with Crippen LogP contribution >= 0.6 is 11.3 Å². The number of rotatable bonds is 12. The van der Waals surface area contributed by atoms with Gasteiger partial charge in [0.25, 0.3) is 0 Å². The van der Waals surface area contributed by atoms with Gasteiger partial charge in [0.15, 0.2) is 0 Å². The van der Waals surface area contributed by atoms with Gasteiger partial charge in [0.1, 0.15) is 11.6 Å². The van der Waals surface area contributed by atoms with Crippen LogP contribution in [-0.4, -0.2) is 65.8 Å². The molecule has 1 aromatic heterocycles. The number of nitrogens with zero attached hydrogens (tertiary/aromatic N) is 1. The SMILES string of the molecule is CCCCO[C@H]1CN[C@@H]([C@@H](O)[C@H](Cc2cc(F)cc(F)c2)NC(=O)C2CC(=O)N(Cc3ccsc3)C2)C1. The Bertz CT molecular complexity index is 1030. The van der Waals surface area contributed by atoms with Crippen LogP contribution in [0.5, 0.6) is 0 Å². The van der Waals surface area contributed by atoms with Gasteiger partial charge in [-0.3, -0.25) is 9.59 Å². The zero-order chi connectivity index (χ0) is 26.4. The van der Waals surface area contributed by atoms with Gasteiger partial charge in [0, 0.05) is 44.8 Å². The number of halogens is 2. The fourth-order valence-corrected chi connectivity index (χ4v) is 5.70. The Morgan fingerprint density at radius 1 is 1.30 bits per heavy atom. The summed E-state index contributed by atoms with van der Waals surface area (Å²) in [6, 6.07) is 3.99. The number of nitrogens with one attached hydrogen (secondary N) is 2. The molecular weight excluding hydrogens is 500 g/mol. The molecule has 1 unspecified atom stereocenters. The molecule has 2 amide bonds. The third-order valence-electron chi connectivity index (χ3n) is 7.04. The fraction of sp³-hybridized carbons (Fsp3) is 0.556. The Kier molecular flexibility index (Phi) is 9.64. The van der Waals surface area contributed by atoms with Gasteiger partial charge < -0.3 is 25.4 Å². The Balaban J connectivity index is 1.42. The van der Waals surface area contributed by atoms with E-state index in [0.717, 1.165) is 24.5 Å². The number of hydrogen-bond donors (Lipinski definition) is 3. The maximum absolute atomic E-state index is 13.9. The molecule has 0 bridgehead atoms. The second-order valence-corrected chi connectivity index (χ2v) is 10.8. The summed E-state index contributed by atoms with van der Waals surface area (Å²) < 4.78 is 33.6. The van der Waals surface area contributed by atoms with Crippen molar-refractivity contribution in [3.05, 3.63) is 57.8 Å². The van der Waals surface area contributed by atoms with E-state index in [-0.39, 0.29) is 43.3 Å². The monoisotopic (exact) mass is 535 g/mol. The Morgan fingerprint density at radius 3 is 2.78 bits per heavy atom. The number of aliphatic hydroxyl groups excluding tert-OH is 1. The molecule has 37 heavy (non-hydrogen) atoms. The molecule has 10 heteroatoms. The standard InChI is InChI=1S/C27H35F2N3O4S/c1-2-3-5-36-22-12-23(30-13-22)26(34)24(9-18-7-20(28)11-21(29)8-18)31-27(35)19-10-25(33)32(15-19)14-17-4-6-37-16-17/h4,6-8,11,16,19,22-24,26,30,34H,2-3,5,9-10,12-15H2,1H3,(H,31,35)/t19?,22-,23-,24+,26-/m1/s1. The second-order valence-electron chi connectivity index (χ2n) is 9.99. The smallest absolute Gasteiger partial charge is 0.225 e. The number of carbonyl (C=O) groups is 2. The van der Waals surface area contributed by atoms with E-state index < -0.39 is 29.7 Å². The molecule has 2 aliphatic heterocycles. The van der Waals surface area contributed by atoms with Crippen LogP contribution in [-0.2, 0) is 27.3 Å². The zero-order valence-electron chi connectivity index (χ0n) is 21.0. The van der Waals surface area contributed by atoms with E-state index >= 15 is 0 Å². The molecule has 0 spiro atoms. The van der Waals surface area contributed by atoms with Gasteiger partial charge in [0.2, 0.25) is 11.8 Å². The van der Waals surface area contributed by atoms with E-state index in [9.17, 15) is 23.5 Å². The topological polar surface area (TPSA) is 90.9 Å². The molecule has 2 saturated heterocycles. The van der Waals surface area contributed by atoms with Gasteiger partial charge in [-0.25, -0.2) is 8.78 Å². The van der Waals surface area contributed by atoms with Crippen molar-refractivity contribution >= 4 is 23.2 Å². The highest BCUT2D eigenvalue weighted by molar-refractivity contribution is 7.07. The van der Waals surface area contributed by atoms with Crippen molar-refractivity contribution in [2.75, 3.05) is 19.7 Å². The third-order valence-corrected chi connectivity index (χ3v) is 7.78. The van der Waals surface area contributed by atoms with E-state index in [0.29, 0.717) is 31.7 Å². The van der Waals surface area contributed by atoms with Gasteiger partial charge in [-0.2, -0.15) is 11.3 Å². The molecule has 3 heterocycles. The maximum atomic E-state index is 13.9. The number of hydrogen-bond acceptors (Lipinski definition) is 6. The lowest BCUT2D eigenvalue weighted by atomic mass is 9.94. The van der Waals surface area contributed by atoms with Gasteiger partial charge in [-0.15, -0.1) is 0 Å². The molecule has 2 aromatic rings. The van der Waals surface area contributed by atoms with Crippen LogP contribution in [0.3, 0.4) is 0 Å². The highest BCUT2D eigenvalue weighted by Crippen LogP contribution is 2.23. The van der Waals surface area contributed by atoms with Gasteiger partial charge in [-0.05, 0) is 59.3 Å². The number of aliphatic hydroxyl groups is 1. The molecule has 0 radical (unpaired) electrons. The van der Waals surface area contributed by atoms with Crippen LogP contribution in [0, 0.1) is 17.6 Å². The van der Waals surface area contributed by atoms with E-state index in [2.05, 4.69) is 17.6 Å². The molecule has 2 fully saturated rings. The summed E-state index contributed by atoms with van der Waals surface area (Å²) >= 11 is 1.55. The molecule has 5 atom stereocenters. The summed E-state index contributed by atoms with van der Waals surface area (Å²) in [6.07, 6.45) is 1.60. The third kappa shape index (κ3) is 7.56. The summed E-state index contributed by atoms with van der Waals surface area (Å²) in [4.78, 5) is 27.4. The first kappa shape index (κ1) is 27.6. The van der Waals surface area contributed by atoms with Gasteiger partial charge in [-0.1, -0.05) is 13.3 Å². The minimum Gasteiger partial charge on any atom is -0.389 e. The first-order valence-corrected chi connectivity index (χ1v) is 13.8. The lowest BCUT2D eigenvalue weighted by molar-refractivity contribution is -0.129. The van der Waals surface area contributed by atoms with Crippen LogP contribution in [0.25, 0.3) is 0 Å². The van der Waals surface area contributed by atoms with E-state index in [1.54, 1.807) is 16.2 Å². The minimum atomic E-state index is -1.02. The second kappa shape index (κ2) is 12.9. The van der Waals surface area contributed by atoms with Gasteiger partial charge >= 0.3 is 0 Å². The van der Waals surface area contributed by atoms with Crippen LogP contribution in [0.2, 0.25) is 0 Å². The number of benzene rings is 1. The number of amides is 2. The lowest BCUT2D eigenvalue weighted by Gasteiger charge is -2.29. The van der Waals surface area contributed by atoms with Crippen molar-refractivity contribution in [2.24, 2.45) is 5.92 Å². The largest absolute Gasteiger partial charge is 0.389 e. The normalized spacial score (nSPS) is 23.4. The zero-order valence-corrected chi connectivity index (χ0v) is 21.8. The maximum Gasteiger partial charge on any atom is 0.225 e. The average molecular weight is 536 g/mol. The van der Waals surface area contributed by atoms with Crippen LogP contribution in [0.1, 0.15) is 43.7 Å². The van der Waals surface area contributed by atoms with E-state index in [4.69, 9.17) is 4.74 Å². The molecular formula is C27H35F2N3O4S. The highest BCUT2D eigenvalue weighted by Gasteiger charge is 2.39. The van der Waals surface area contributed by atoms with Crippen molar-refractivity contribution in [3.8, 4) is 0 Å². The Labute approximate surface area is 220 Å². The first-order valence-electron chi connectivity index (χ1n) is 12.9. The quantitative estimate of drug-likeness (QED) is 0.364. The Morgan fingerprint density at radius 2 is 2.08 bits per heavy atom. The number of likely N-dealkylation sites (tertiary alicyclic amines) is 1. The lowest BCUT2D eigenvalue weighted by Crippen LogP contribution is -2.53. The average Bonchev–Trinajstić information content (AvgIpc) is 3.60. The molecule has 4 rings (SSSR count). The van der Waals surface area contributed by atoms with Crippen LogP contribution < -0.4 is 10.6 Å². The molecule has 2 aliphatic rings. The predicted molar refractivity (Wildman–Crippen MR) is 137 cm³/mol. The number of carbonyl (C=O) groups excluding carboxylic acids is 2. The molecule has 0 saturated carbocycles. The van der Waals surface area contributed by atoms with Gasteiger partial charge in [0.05, 0.1) is 24.2 Å². The summed E-state index contributed by atoms with van der Waals surface area (Å²) in [5.74, 6) is -2.45. The fourth-order valence-electron chi connectivity index (χ4n) is 5.04. The van der Waals surface area contributed by atoms with Crippen LogP contribution in [0.15, 0.2) is 35.0 Å². The van der Waals surface area contributed by atoms with Crippen molar-refractivity contribution < 1.29 is 28.2 Å². The number of thiophene rings is 1. The minimum absolute atomic E-state index is 0.0421. The first-order chi connectivity index (χ1) is 17.8. The summed E-state index contributed by atoms with van der Waals surface area (Å²) in [7, 11) is 0. The molecule has 3 N–H and O–H groups in total. The number of unbranched alkanes of at least 4 members (excludes halogenated alkanes) is 1. The molecule has 202 valence electrons. The van der Waals surface area contributed by atoms with E-state index in [1.807, 2.05) is 16.8 Å². The van der Waals surface area contributed by atoms with Crippen LogP contribution in [0.4, 0.5) is 8.78 Å². The summed E-state index contributed by atoms with van der Waals surface area (Å²) in [6.45, 7) is 4.05. The number of ether oxygens (including phenoxy) is 1. The highest BCUT2D eigenvalue weighted by atomic mass is 32.1.